The normalized spacial score (nSPS) is 14.5. The van der Waals surface area contributed by atoms with Crippen molar-refractivity contribution in [3.8, 4) is 0 Å². The molecule has 0 bridgehead atoms. The second-order valence-electron chi connectivity index (χ2n) is 4.86. The van der Waals surface area contributed by atoms with Gasteiger partial charge in [0.2, 0.25) is 0 Å². The van der Waals surface area contributed by atoms with E-state index in [1.54, 1.807) is 0 Å². The van der Waals surface area contributed by atoms with Gasteiger partial charge in [-0.2, -0.15) is 5.90 Å². The molecule has 0 fully saturated rings. The summed E-state index contributed by atoms with van der Waals surface area (Å²) in [6, 6.07) is 0. The molecular formula is C13H29NO4S+. The molecule has 0 aliphatic rings. The molecule has 115 valence electrons. The minimum absolute atomic E-state index is 0.149. The number of rotatable bonds is 14. The first-order valence-electron chi connectivity index (χ1n) is 7.40. The van der Waals surface area contributed by atoms with E-state index in [1.807, 2.05) is 0 Å². The lowest BCUT2D eigenvalue weighted by Crippen LogP contribution is -2.20. The summed E-state index contributed by atoms with van der Waals surface area (Å²) < 4.78 is 29.6. The van der Waals surface area contributed by atoms with Crippen molar-refractivity contribution < 1.29 is 17.2 Å². The fourth-order valence-corrected chi connectivity index (χ4v) is 2.33. The van der Waals surface area contributed by atoms with Gasteiger partial charge in [-0.05, 0) is 10.7 Å². The monoisotopic (exact) mass is 295 g/mol. The van der Waals surface area contributed by atoms with Crippen LogP contribution in [0.15, 0.2) is 0 Å². The van der Waals surface area contributed by atoms with Crippen LogP contribution in [0.3, 0.4) is 0 Å². The highest BCUT2D eigenvalue weighted by molar-refractivity contribution is 7.88. The molecule has 0 rings (SSSR count). The molecule has 0 spiro atoms. The van der Waals surface area contributed by atoms with Crippen LogP contribution < -0.4 is 5.90 Å². The zero-order valence-electron chi connectivity index (χ0n) is 12.1. The lowest BCUT2D eigenvalue weighted by molar-refractivity contribution is 0.152. The zero-order valence-corrected chi connectivity index (χ0v) is 12.9. The molecule has 0 aliphatic carbocycles. The maximum absolute atomic E-state index is 10.7. The Balaban J connectivity index is 3.09. The van der Waals surface area contributed by atoms with Crippen LogP contribution >= 0.6 is 0 Å². The molecule has 6 heteroatoms. The van der Waals surface area contributed by atoms with Crippen LogP contribution in [-0.4, -0.2) is 6.61 Å². The summed E-state index contributed by atoms with van der Waals surface area (Å²) in [5.41, 5.74) is 0. The van der Waals surface area contributed by atoms with Crippen LogP contribution in [0, 0.1) is 0 Å². The molecule has 5 nitrogen and oxygen atoms in total. The molecule has 1 unspecified atom stereocenters. The van der Waals surface area contributed by atoms with E-state index in [0.717, 1.165) is 19.3 Å². The van der Waals surface area contributed by atoms with Crippen LogP contribution in [-0.2, 0) is 28.0 Å². The molecule has 0 aromatic heterocycles. The van der Waals surface area contributed by atoms with Crippen molar-refractivity contribution in [2.75, 3.05) is 6.61 Å². The van der Waals surface area contributed by atoms with Crippen LogP contribution in [0.1, 0.15) is 77.6 Å². The highest BCUT2D eigenvalue weighted by atomic mass is 32.3. The molecule has 2 N–H and O–H groups in total. The van der Waals surface area contributed by atoms with Gasteiger partial charge in [0.15, 0.2) is 0 Å². The summed E-state index contributed by atoms with van der Waals surface area (Å²) in [6.45, 7) is 2.38. The summed E-state index contributed by atoms with van der Waals surface area (Å²) >= 11 is 0. The average Bonchev–Trinajstić information content (AvgIpc) is 2.40. The predicted molar refractivity (Wildman–Crippen MR) is 76.4 cm³/mol. The standard InChI is InChI=1S/C13H29NO4S/c1-2-3-4-5-6-7-8-9-10-11-12-13-17-19(15,16)18-14/h2-14H2,1H3/q+1. The maximum atomic E-state index is 10.7. The molecule has 0 heterocycles. The number of unbranched alkanes of at least 4 members (excludes halogenated alkanes) is 10. The van der Waals surface area contributed by atoms with Gasteiger partial charge in [-0.1, -0.05) is 71.1 Å². The molecular weight excluding hydrogens is 266 g/mol. The topological polar surface area (TPSA) is 81.5 Å². The zero-order chi connectivity index (χ0) is 14.4. The van der Waals surface area contributed by atoms with Crippen molar-refractivity contribution in [1.29, 1.82) is 0 Å². The summed E-state index contributed by atoms with van der Waals surface area (Å²) in [4.78, 5) is 0. The van der Waals surface area contributed by atoms with Gasteiger partial charge in [0.05, 0.1) is 0 Å². The van der Waals surface area contributed by atoms with Gasteiger partial charge < -0.3 is 0 Å². The number of hydrogen-bond acceptors (Lipinski definition) is 4. The highest BCUT2D eigenvalue weighted by Gasteiger charge is 2.31. The van der Waals surface area contributed by atoms with Crippen LogP contribution in [0.5, 0.6) is 0 Å². The van der Waals surface area contributed by atoms with E-state index in [1.165, 1.54) is 51.4 Å². The Morgan fingerprint density at radius 2 is 1.26 bits per heavy atom. The lowest BCUT2D eigenvalue weighted by atomic mass is 10.1. The van der Waals surface area contributed by atoms with Gasteiger partial charge in [-0.3, -0.25) is 0 Å². The molecule has 0 saturated heterocycles. The van der Waals surface area contributed by atoms with Gasteiger partial charge in [0, 0.05) is 4.21 Å². The van der Waals surface area contributed by atoms with Gasteiger partial charge in [0.25, 0.3) is 0 Å². The minimum Gasteiger partial charge on any atom is -0.158 e. The molecule has 19 heavy (non-hydrogen) atoms. The lowest BCUT2D eigenvalue weighted by Gasteiger charge is -2.02. The van der Waals surface area contributed by atoms with Gasteiger partial charge in [0.1, 0.15) is 11.2 Å². The Labute approximate surface area is 118 Å². The van der Waals surface area contributed by atoms with Crippen LogP contribution in [0.4, 0.5) is 0 Å². The minimum atomic E-state index is -3.95. The van der Waals surface area contributed by atoms with Crippen molar-refractivity contribution in [2.45, 2.75) is 77.6 Å². The SMILES string of the molecule is CCCCCCCCCCCCCO[S+]([O])(=O)ON. The van der Waals surface area contributed by atoms with Crippen molar-refractivity contribution in [3.05, 3.63) is 0 Å². The first-order valence-corrected chi connectivity index (χ1v) is 8.73. The van der Waals surface area contributed by atoms with E-state index < -0.39 is 10.8 Å². The van der Waals surface area contributed by atoms with Gasteiger partial charge in [-0.15, -0.1) is 4.18 Å². The van der Waals surface area contributed by atoms with E-state index in [0.29, 0.717) is 0 Å². The molecule has 0 aromatic rings. The van der Waals surface area contributed by atoms with Gasteiger partial charge >= 0.3 is 10.8 Å². The van der Waals surface area contributed by atoms with E-state index >= 15 is 0 Å². The van der Waals surface area contributed by atoms with E-state index in [9.17, 15) is 8.76 Å². The molecule has 0 amide bonds. The third-order valence-electron chi connectivity index (χ3n) is 3.09. The smallest absolute Gasteiger partial charge is 0.158 e. The molecule has 0 saturated carbocycles. The molecule has 0 aromatic carbocycles. The Morgan fingerprint density at radius 3 is 1.68 bits per heavy atom. The van der Waals surface area contributed by atoms with Gasteiger partial charge in [-0.25, -0.2) is 0 Å². The second-order valence-corrected chi connectivity index (χ2v) is 6.11. The first kappa shape index (κ1) is 19.0. The summed E-state index contributed by atoms with van der Waals surface area (Å²) in [7, 11) is -3.95. The van der Waals surface area contributed by atoms with Crippen LogP contribution in [0.25, 0.3) is 0 Å². The third-order valence-corrected chi connectivity index (χ3v) is 3.78. The van der Waals surface area contributed by atoms with Crippen LogP contribution in [0.2, 0.25) is 0 Å². The fraction of sp³-hybridized carbons (Fsp3) is 1.00. The largest absolute Gasteiger partial charge is 0.564 e. The van der Waals surface area contributed by atoms with Crippen molar-refractivity contribution in [2.24, 2.45) is 5.90 Å². The van der Waals surface area contributed by atoms with Crippen molar-refractivity contribution in [1.82, 2.24) is 0 Å². The average molecular weight is 295 g/mol. The maximum Gasteiger partial charge on any atom is 0.564 e. The van der Waals surface area contributed by atoms with Crippen molar-refractivity contribution >= 4 is 10.8 Å². The predicted octanol–water partition coefficient (Wildman–Crippen LogP) is 3.88. The quantitative estimate of drug-likeness (QED) is 0.299. The van der Waals surface area contributed by atoms with E-state index in [-0.39, 0.29) is 6.61 Å². The van der Waals surface area contributed by atoms with E-state index in [4.69, 9.17) is 0 Å². The number of nitrogens with two attached hydrogens (primary N) is 1. The summed E-state index contributed by atoms with van der Waals surface area (Å²) in [5, 5.41) is 0. The number of hydrogen-bond donors (Lipinski definition) is 1. The Bertz CT molecular complexity index is 239. The summed E-state index contributed by atoms with van der Waals surface area (Å²) in [5.74, 6) is 4.53. The Hall–Kier alpha value is -0.0100. The van der Waals surface area contributed by atoms with E-state index in [2.05, 4.69) is 21.3 Å². The first-order chi connectivity index (χ1) is 9.12. The molecule has 1 radical (unpaired) electrons. The second kappa shape index (κ2) is 13.0. The Morgan fingerprint density at radius 1 is 0.842 bits per heavy atom. The third kappa shape index (κ3) is 14.2. The molecule has 1 atom stereocenters. The fourth-order valence-electron chi connectivity index (χ4n) is 1.96. The Kier molecular flexibility index (Phi) is 13.0. The molecule has 0 aliphatic heterocycles. The summed E-state index contributed by atoms with van der Waals surface area (Å²) in [6.07, 6.45) is 13.4. The highest BCUT2D eigenvalue weighted by Crippen LogP contribution is 2.12. The van der Waals surface area contributed by atoms with Crippen molar-refractivity contribution in [3.63, 3.8) is 0 Å².